The van der Waals surface area contributed by atoms with E-state index in [-0.39, 0.29) is 12.4 Å². The van der Waals surface area contributed by atoms with Gasteiger partial charge in [0.25, 0.3) is 0 Å². The van der Waals surface area contributed by atoms with Gasteiger partial charge >= 0.3 is 0 Å². The number of ether oxygens (including phenoxy) is 1. The topological polar surface area (TPSA) is 39.2 Å². The number of fused-ring (bicyclic) bond motifs is 3. The molecule has 1 aromatic carbocycles. The maximum atomic E-state index is 11.7. The van der Waals surface area contributed by atoms with Crippen molar-refractivity contribution in [1.29, 1.82) is 0 Å². The SMILES string of the molecule is O=C1COCc2cnc3ccccc3c21. The fourth-order valence-corrected chi connectivity index (χ4v) is 1.95. The normalized spacial score (nSPS) is 15.3. The third kappa shape index (κ3) is 1.24. The first-order valence-corrected chi connectivity index (χ1v) is 4.84. The summed E-state index contributed by atoms with van der Waals surface area (Å²) in [5, 5.41) is 0.934. The molecule has 1 aliphatic rings. The molecular weight excluding hydrogens is 190 g/mol. The van der Waals surface area contributed by atoms with Gasteiger partial charge in [0.05, 0.1) is 12.1 Å². The third-order valence-corrected chi connectivity index (χ3v) is 2.62. The summed E-state index contributed by atoms with van der Waals surface area (Å²) in [6.07, 6.45) is 1.73. The summed E-state index contributed by atoms with van der Waals surface area (Å²) in [4.78, 5) is 16.0. The Kier molecular flexibility index (Phi) is 1.79. The van der Waals surface area contributed by atoms with Crippen molar-refractivity contribution < 1.29 is 9.53 Å². The minimum Gasteiger partial charge on any atom is -0.369 e. The zero-order valence-corrected chi connectivity index (χ0v) is 8.06. The summed E-state index contributed by atoms with van der Waals surface area (Å²) in [5.74, 6) is 0.0508. The molecule has 2 heterocycles. The van der Waals surface area contributed by atoms with Crippen LogP contribution in [0.5, 0.6) is 0 Å². The number of nitrogens with zero attached hydrogens (tertiary/aromatic N) is 1. The highest BCUT2D eigenvalue weighted by Crippen LogP contribution is 2.24. The van der Waals surface area contributed by atoms with Crippen LogP contribution >= 0.6 is 0 Å². The highest BCUT2D eigenvalue weighted by atomic mass is 16.5. The molecule has 0 aliphatic carbocycles. The lowest BCUT2D eigenvalue weighted by molar-refractivity contribution is 0.0667. The molecule has 0 saturated carbocycles. The third-order valence-electron chi connectivity index (χ3n) is 2.62. The molecule has 0 fully saturated rings. The van der Waals surface area contributed by atoms with Gasteiger partial charge in [0.2, 0.25) is 0 Å². The van der Waals surface area contributed by atoms with Crippen LogP contribution in [0.4, 0.5) is 0 Å². The van der Waals surface area contributed by atoms with E-state index in [1.165, 1.54) is 0 Å². The Morgan fingerprint density at radius 2 is 2.07 bits per heavy atom. The van der Waals surface area contributed by atoms with E-state index in [9.17, 15) is 4.79 Å². The molecule has 0 radical (unpaired) electrons. The van der Waals surface area contributed by atoms with E-state index in [0.717, 1.165) is 22.0 Å². The second kappa shape index (κ2) is 3.14. The van der Waals surface area contributed by atoms with Crippen LogP contribution < -0.4 is 0 Å². The van der Waals surface area contributed by atoms with Crippen molar-refractivity contribution in [3.63, 3.8) is 0 Å². The van der Waals surface area contributed by atoms with Crippen LogP contribution in [-0.4, -0.2) is 17.4 Å². The van der Waals surface area contributed by atoms with Gasteiger partial charge in [-0.05, 0) is 6.07 Å². The van der Waals surface area contributed by atoms with Crippen molar-refractivity contribution in [3.05, 3.63) is 41.6 Å². The minimum absolute atomic E-state index is 0.0508. The minimum atomic E-state index is 0.0508. The van der Waals surface area contributed by atoms with E-state index in [4.69, 9.17) is 4.74 Å². The van der Waals surface area contributed by atoms with E-state index in [0.29, 0.717) is 6.61 Å². The molecule has 3 rings (SSSR count). The number of hydrogen-bond donors (Lipinski definition) is 0. The smallest absolute Gasteiger partial charge is 0.189 e. The van der Waals surface area contributed by atoms with Crippen molar-refractivity contribution in [3.8, 4) is 0 Å². The monoisotopic (exact) mass is 199 g/mol. The summed E-state index contributed by atoms with van der Waals surface area (Å²) >= 11 is 0. The summed E-state index contributed by atoms with van der Waals surface area (Å²) in [6.45, 7) is 0.667. The molecule has 0 spiro atoms. The second-order valence-corrected chi connectivity index (χ2v) is 3.59. The average molecular weight is 199 g/mol. The van der Waals surface area contributed by atoms with Crippen LogP contribution in [-0.2, 0) is 11.3 Å². The van der Waals surface area contributed by atoms with E-state index in [2.05, 4.69) is 4.98 Å². The van der Waals surface area contributed by atoms with Crippen molar-refractivity contribution in [2.75, 3.05) is 6.61 Å². The summed E-state index contributed by atoms with van der Waals surface area (Å²) in [6, 6.07) is 7.70. The molecular formula is C12H9NO2. The number of carbonyl (C=O) groups excluding carboxylic acids is 1. The Labute approximate surface area is 86.7 Å². The maximum Gasteiger partial charge on any atom is 0.189 e. The molecule has 0 unspecified atom stereocenters. The van der Waals surface area contributed by atoms with Crippen LogP contribution in [0.3, 0.4) is 0 Å². The molecule has 1 aromatic heterocycles. The highest BCUT2D eigenvalue weighted by Gasteiger charge is 2.20. The number of ketones is 1. The standard InChI is InChI=1S/C12H9NO2/c14-11-7-15-6-8-5-13-10-4-2-1-3-9(10)12(8)11/h1-5H,6-7H2. The summed E-state index contributed by atoms with van der Waals surface area (Å²) in [5.41, 5.74) is 2.54. The Balaban J connectivity index is 2.40. The summed E-state index contributed by atoms with van der Waals surface area (Å²) in [7, 11) is 0. The number of benzene rings is 1. The van der Waals surface area contributed by atoms with Crippen molar-refractivity contribution in [2.24, 2.45) is 0 Å². The molecule has 0 amide bonds. The maximum absolute atomic E-state index is 11.7. The van der Waals surface area contributed by atoms with E-state index in [1.807, 2.05) is 24.3 Å². The van der Waals surface area contributed by atoms with Gasteiger partial charge in [-0.2, -0.15) is 0 Å². The van der Waals surface area contributed by atoms with E-state index >= 15 is 0 Å². The first kappa shape index (κ1) is 8.56. The molecule has 0 atom stereocenters. The van der Waals surface area contributed by atoms with Crippen LogP contribution in [0.1, 0.15) is 15.9 Å². The second-order valence-electron chi connectivity index (χ2n) is 3.59. The predicted octanol–water partition coefficient (Wildman–Crippen LogP) is 1.95. The predicted molar refractivity (Wildman–Crippen MR) is 55.7 cm³/mol. The highest BCUT2D eigenvalue weighted by molar-refractivity contribution is 6.09. The van der Waals surface area contributed by atoms with Crippen LogP contribution in [0.15, 0.2) is 30.5 Å². The first-order valence-electron chi connectivity index (χ1n) is 4.84. The number of Topliss-reactive ketones (excluding diaryl/α,β-unsaturated/α-hetero) is 1. The zero-order valence-electron chi connectivity index (χ0n) is 8.06. The van der Waals surface area contributed by atoms with E-state index < -0.39 is 0 Å². The number of hydrogen-bond acceptors (Lipinski definition) is 3. The molecule has 0 saturated heterocycles. The fraction of sp³-hybridized carbons (Fsp3) is 0.167. The van der Waals surface area contributed by atoms with E-state index in [1.54, 1.807) is 6.20 Å². The van der Waals surface area contributed by atoms with Crippen LogP contribution in [0.2, 0.25) is 0 Å². The van der Waals surface area contributed by atoms with Gasteiger partial charge in [-0.15, -0.1) is 0 Å². The quantitative estimate of drug-likeness (QED) is 0.651. The molecule has 74 valence electrons. The zero-order chi connectivity index (χ0) is 10.3. The Bertz CT molecular complexity index is 548. The molecule has 0 bridgehead atoms. The average Bonchev–Trinajstić information content (AvgIpc) is 2.29. The lowest BCUT2D eigenvalue weighted by Gasteiger charge is -2.16. The van der Waals surface area contributed by atoms with Crippen molar-refractivity contribution in [2.45, 2.75) is 6.61 Å². The van der Waals surface area contributed by atoms with Crippen LogP contribution in [0.25, 0.3) is 10.9 Å². The largest absolute Gasteiger partial charge is 0.369 e. The molecule has 1 aliphatic heterocycles. The number of para-hydroxylation sites is 1. The number of pyridine rings is 1. The van der Waals surface area contributed by atoms with Gasteiger partial charge in [-0.25, -0.2) is 0 Å². The Hall–Kier alpha value is -1.74. The lowest BCUT2D eigenvalue weighted by atomic mass is 9.99. The van der Waals surface area contributed by atoms with Gasteiger partial charge in [-0.1, -0.05) is 18.2 Å². The fourth-order valence-electron chi connectivity index (χ4n) is 1.95. The van der Waals surface area contributed by atoms with Crippen LogP contribution in [0, 0.1) is 0 Å². The first-order chi connectivity index (χ1) is 7.36. The van der Waals surface area contributed by atoms with Gasteiger partial charge in [-0.3, -0.25) is 9.78 Å². The Morgan fingerprint density at radius 3 is 3.00 bits per heavy atom. The molecule has 3 nitrogen and oxygen atoms in total. The molecule has 15 heavy (non-hydrogen) atoms. The van der Waals surface area contributed by atoms with Gasteiger partial charge < -0.3 is 4.74 Å². The lowest BCUT2D eigenvalue weighted by Crippen LogP contribution is -2.18. The van der Waals surface area contributed by atoms with Gasteiger partial charge in [0.1, 0.15) is 6.61 Å². The number of rotatable bonds is 0. The number of carbonyl (C=O) groups is 1. The molecule has 3 heteroatoms. The molecule has 0 N–H and O–H groups in total. The molecule has 2 aromatic rings. The van der Waals surface area contributed by atoms with Crippen molar-refractivity contribution >= 4 is 16.7 Å². The number of aromatic nitrogens is 1. The van der Waals surface area contributed by atoms with Gasteiger partial charge in [0, 0.05) is 22.7 Å². The van der Waals surface area contributed by atoms with Gasteiger partial charge in [0.15, 0.2) is 5.78 Å². The Morgan fingerprint density at radius 1 is 1.20 bits per heavy atom. The summed E-state index contributed by atoms with van der Waals surface area (Å²) < 4.78 is 5.17. The van der Waals surface area contributed by atoms with Crippen molar-refractivity contribution in [1.82, 2.24) is 4.98 Å².